The zero-order chi connectivity index (χ0) is 12.8. The highest BCUT2D eigenvalue weighted by atomic mass is 16.4. The largest absolute Gasteiger partial charge is 0.478 e. The lowest BCUT2D eigenvalue weighted by molar-refractivity contribution is 0.0698. The second-order valence-electron chi connectivity index (χ2n) is 3.89. The molecule has 0 saturated carbocycles. The van der Waals surface area contributed by atoms with Crippen LogP contribution in [0, 0.1) is 0 Å². The third-order valence-electron chi connectivity index (χ3n) is 2.61. The lowest BCUT2D eigenvalue weighted by atomic mass is 10.1. The van der Waals surface area contributed by atoms with Crippen molar-refractivity contribution in [3.05, 3.63) is 59.9 Å². The predicted molar refractivity (Wildman–Crippen MR) is 69.8 cm³/mol. The van der Waals surface area contributed by atoms with Gasteiger partial charge in [-0.3, -0.25) is 4.98 Å². The maximum absolute atomic E-state index is 11.0. The van der Waals surface area contributed by atoms with E-state index in [9.17, 15) is 4.79 Å². The molecule has 0 atom stereocenters. The van der Waals surface area contributed by atoms with Gasteiger partial charge in [-0.05, 0) is 30.2 Å². The first-order valence-electron chi connectivity index (χ1n) is 5.72. The fourth-order valence-electron chi connectivity index (χ4n) is 1.71. The maximum atomic E-state index is 11.0. The number of aromatic nitrogens is 1. The molecule has 0 amide bonds. The summed E-state index contributed by atoms with van der Waals surface area (Å²) >= 11 is 0. The van der Waals surface area contributed by atoms with E-state index in [0.717, 1.165) is 12.0 Å². The predicted octanol–water partition coefficient (Wildman–Crippen LogP) is 2.43. The van der Waals surface area contributed by atoms with Crippen LogP contribution in [0.15, 0.2) is 48.8 Å². The zero-order valence-corrected chi connectivity index (χ0v) is 9.84. The molecule has 0 aliphatic rings. The second kappa shape index (κ2) is 5.82. The number of nitrogens with one attached hydrogen (secondary N) is 1. The van der Waals surface area contributed by atoms with Crippen LogP contribution in [0.2, 0.25) is 0 Å². The van der Waals surface area contributed by atoms with E-state index >= 15 is 0 Å². The SMILES string of the molecule is O=C(O)c1ccccc1NCCc1cccnc1. The summed E-state index contributed by atoms with van der Waals surface area (Å²) in [6, 6.07) is 10.8. The van der Waals surface area contributed by atoms with Gasteiger partial charge in [-0.25, -0.2) is 4.79 Å². The van der Waals surface area contributed by atoms with Gasteiger partial charge in [0.15, 0.2) is 0 Å². The Bertz CT molecular complexity index is 526. The Balaban J connectivity index is 1.97. The van der Waals surface area contributed by atoms with Gasteiger partial charge in [0.05, 0.1) is 5.56 Å². The van der Waals surface area contributed by atoms with E-state index in [4.69, 9.17) is 5.11 Å². The molecule has 2 aromatic rings. The van der Waals surface area contributed by atoms with Crippen molar-refractivity contribution in [2.45, 2.75) is 6.42 Å². The summed E-state index contributed by atoms with van der Waals surface area (Å²) in [6.45, 7) is 0.677. The highest BCUT2D eigenvalue weighted by Gasteiger charge is 2.07. The average Bonchev–Trinajstić information content (AvgIpc) is 2.40. The van der Waals surface area contributed by atoms with Crippen molar-refractivity contribution >= 4 is 11.7 Å². The Morgan fingerprint density at radius 1 is 1.22 bits per heavy atom. The average molecular weight is 242 g/mol. The zero-order valence-electron chi connectivity index (χ0n) is 9.84. The van der Waals surface area contributed by atoms with Gasteiger partial charge in [-0.2, -0.15) is 0 Å². The van der Waals surface area contributed by atoms with E-state index in [1.807, 2.05) is 24.4 Å². The van der Waals surface area contributed by atoms with Gasteiger partial charge < -0.3 is 10.4 Å². The van der Waals surface area contributed by atoms with Crippen LogP contribution in [0.3, 0.4) is 0 Å². The molecular formula is C14H14N2O2. The fourth-order valence-corrected chi connectivity index (χ4v) is 1.71. The first-order valence-corrected chi connectivity index (χ1v) is 5.72. The molecule has 0 spiro atoms. The first kappa shape index (κ1) is 12.1. The van der Waals surface area contributed by atoms with Crippen LogP contribution in [0.25, 0.3) is 0 Å². The van der Waals surface area contributed by atoms with Crippen LogP contribution in [0.5, 0.6) is 0 Å². The molecule has 4 nitrogen and oxygen atoms in total. The fraction of sp³-hybridized carbons (Fsp3) is 0.143. The standard InChI is InChI=1S/C14H14N2O2/c17-14(18)12-5-1-2-6-13(12)16-9-7-11-4-3-8-15-10-11/h1-6,8,10,16H,7,9H2,(H,17,18). The summed E-state index contributed by atoms with van der Waals surface area (Å²) in [5.74, 6) is -0.917. The summed E-state index contributed by atoms with van der Waals surface area (Å²) in [6.07, 6.45) is 4.35. The highest BCUT2D eigenvalue weighted by molar-refractivity contribution is 5.94. The number of aromatic carboxylic acids is 1. The van der Waals surface area contributed by atoms with Gasteiger partial charge in [-0.15, -0.1) is 0 Å². The summed E-state index contributed by atoms with van der Waals surface area (Å²) in [5.41, 5.74) is 2.07. The van der Waals surface area contributed by atoms with E-state index in [0.29, 0.717) is 17.8 Å². The maximum Gasteiger partial charge on any atom is 0.337 e. The number of pyridine rings is 1. The molecule has 0 aliphatic heterocycles. The van der Waals surface area contributed by atoms with Crippen molar-refractivity contribution in [1.29, 1.82) is 0 Å². The van der Waals surface area contributed by atoms with Gasteiger partial charge in [0.2, 0.25) is 0 Å². The summed E-state index contributed by atoms with van der Waals surface area (Å²) in [5, 5.41) is 12.2. The molecule has 0 unspecified atom stereocenters. The molecule has 0 aliphatic carbocycles. The van der Waals surface area contributed by atoms with Gasteiger partial charge in [0.25, 0.3) is 0 Å². The van der Waals surface area contributed by atoms with Crippen molar-refractivity contribution < 1.29 is 9.90 Å². The van der Waals surface area contributed by atoms with Gasteiger partial charge in [0, 0.05) is 24.6 Å². The number of hydrogen-bond donors (Lipinski definition) is 2. The smallest absolute Gasteiger partial charge is 0.337 e. The van der Waals surface area contributed by atoms with Crippen LogP contribution in [0.1, 0.15) is 15.9 Å². The normalized spacial score (nSPS) is 10.0. The van der Waals surface area contributed by atoms with Crippen LogP contribution in [-0.2, 0) is 6.42 Å². The van der Waals surface area contributed by atoms with Crippen LogP contribution in [0.4, 0.5) is 5.69 Å². The number of nitrogens with zero attached hydrogens (tertiary/aromatic N) is 1. The minimum absolute atomic E-state index is 0.295. The molecule has 1 aromatic carbocycles. The summed E-state index contributed by atoms with van der Waals surface area (Å²) in [4.78, 5) is 15.0. The molecule has 2 rings (SSSR count). The number of rotatable bonds is 5. The number of benzene rings is 1. The van der Waals surface area contributed by atoms with Crippen molar-refractivity contribution in [1.82, 2.24) is 4.98 Å². The molecule has 92 valence electrons. The van der Waals surface area contributed by atoms with Crippen molar-refractivity contribution in [2.75, 3.05) is 11.9 Å². The van der Waals surface area contributed by atoms with Gasteiger partial charge in [0.1, 0.15) is 0 Å². The first-order chi connectivity index (χ1) is 8.77. The second-order valence-corrected chi connectivity index (χ2v) is 3.89. The number of para-hydroxylation sites is 1. The highest BCUT2D eigenvalue weighted by Crippen LogP contribution is 2.14. The Morgan fingerprint density at radius 3 is 2.78 bits per heavy atom. The van der Waals surface area contributed by atoms with E-state index < -0.39 is 5.97 Å². The molecule has 0 saturated heterocycles. The molecule has 0 bridgehead atoms. The molecule has 4 heteroatoms. The Labute approximate surface area is 105 Å². The summed E-state index contributed by atoms with van der Waals surface area (Å²) < 4.78 is 0. The van der Waals surface area contributed by atoms with E-state index in [1.165, 1.54) is 0 Å². The van der Waals surface area contributed by atoms with Crippen molar-refractivity contribution in [3.63, 3.8) is 0 Å². The van der Waals surface area contributed by atoms with Crippen LogP contribution in [-0.4, -0.2) is 22.6 Å². The molecule has 2 N–H and O–H groups in total. The lowest BCUT2D eigenvalue weighted by Crippen LogP contribution is -2.09. The van der Waals surface area contributed by atoms with Gasteiger partial charge >= 0.3 is 5.97 Å². The number of carboxylic acid groups (broad SMARTS) is 1. The molecule has 0 fully saturated rings. The van der Waals surface area contributed by atoms with E-state index in [2.05, 4.69) is 10.3 Å². The number of carboxylic acids is 1. The third-order valence-corrected chi connectivity index (χ3v) is 2.61. The molecular weight excluding hydrogens is 228 g/mol. The van der Waals surface area contributed by atoms with Crippen LogP contribution >= 0.6 is 0 Å². The topological polar surface area (TPSA) is 62.2 Å². The van der Waals surface area contributed by atoms with Crippen molar-refractivity contribution in [2.24, 2.45) is 0 Å². The Morgan fingerprint density at radius 2 is 2.06 bits per heavy atom. The molecule has 18 heavy (non-hydrogen) atoms. The van der Waals surface area contributed by atoms with E-state index in [1.54, 1.807) is 24.4 Å². The monoisotopic (exact) mass is 242 g/mol. The number of carbonyl (C=O) groups is 1. The Hall–Kier alpha value is -2.36. The van der Waals surface area contributed by atoms with Gasteiger partial charge in [-0.1, -0.05) is 18.2 Å². The minimum Gasteiger partial charge on any atom is -0.478 e. The lowest BCUT2D eigenvalue weighted by Gasteiger charge is -2.09. The number of hydrogen-bond acceptors (Lipinski definition) is 3. The van der Waals surface area contributed by atoms with Crippen molar-refractivity contribution in [3.8, 4) is 0 Å². The Kier molecular flexibility index (Phi) is 3.91. The molecule has 0 radical (unpaired) electrons. The third kappa shape index (κ3) is 3.07. The van der Waals surface area contributed by atoms with E-state index in [-0.39, 0.29) is 0 Å². The minimum atomic E-state index is -0.917. The summed E-state index contributed by atoms with van der Waals surface area (Å²) in [7, 11) is 0. The number of anilines is 1. The van der Waals surface area contributed by atoms with Crippen LogP contribution < -0.4 is 5.32 Å². The molecule has 1 aromatic heterocycles. The quantitative estimate of drug-likeness (QED) is 0.845. The molecule has 1 heterocycles.